The molecule has 0 saturated heterocycles. The fourth-order valence-electron chi connectivity index (χ4n) is 3.66. The number of nitrogens with zero attached hydrogens (tertiary/aromatic N) is 6. The number of hydrogen-bond acceptors (Lipinski definition) is 7. The normalized spacial score (nSPS) is 20.2. The van der Waals surface area contributed by atoms with E-state index >= 15 is 0 Å². The van der Waals surface area contributed by atoms with Crippen molar-refractivity contribution in [2.75, 3.05) is 5.32 Å². The van der Waals surface area contributed by atoms with E-state index in [9.17, 15) is 0 Å². The second kappa shape index (κ2) is 6.55. The smallest absolute Gasteiger partial charge is 0.241 e. The van der Waals surface area contributed by atoms with Crippen LogP contribution in [0.5, 0.6) is 0 Å². The average Bonchev–Trinajstić information content (AvgIpc) is 3.12. The number of hydrogen-bond donors (Lipinski definition) is 2. The van der Waals surface area contributed by atoms with Crippen LogP contribution in [0.15, 0.2) is 43.1 Å². The Morgan fingerprint density at radius 2 is 1.85 bits per heavy atom. The van der Waals surface area contributed by atoms with Gasteiger partial charge in [0.1, 0.15) is 5.52 Å². The van der Waals surface area contributed by atoms with Gasteiger partial charge in [-0.25, -0.2) is 19.5 Å². The van der Waals surface area contributed by atoms with Crippen molar-refractivity contribution in [3.05, 3.63) is 43.1 Å². The topological polar surface area (TPSA) is 107 Å². The maximum Gasteiger partial charge on any atom is 0.241 e. The monoisotopic (exact) mass is 360 g/mol. The molecule has 0 radical (unpaired) electrons. The number of anilines is 1. The highest BCUT2D eigenvalue weighted by molar-refractivity contribution is 5.84. The zero-order valence-electron chi connectivity index (χ0n) is 14.8. The third-order valence-corrected chi connectivity index (χ3v) is 5.16. The Morgan fingerprint density at radius 1 is 1.00 bits per heavy atom. The van der Waals surface area contributed by atoms with Crippen molar-refractivity contribution >= 4 is 22.6 Å². The van der Waals surface area contributed by atoms with Crippen LogP contribution in [0.4, 0.5) is 5.95 Å². The molecule has 0 atom stereocenters. The van der Waals surface area contributed by atoms with Crippen molar-refractivity contribution in [2.24, 2.45) is 5.73 Å². The maximum atomic E-state index is 5.98. The summed E-state index contributed by atoms with van der Waals surface area (Å²) < 4.78 is 1.85. The second-order valence-corrected chi connectivity index (χ2v) is 7.02. The van der Waals surface area contributed by atoms with Crippen molar-refractivity contribution in [1.82, 2.24) is 29.5 Å². The third kappa shape index (κ3) is 3.08. The van der Waals surface area contributed by atoms with Gasteiger partial charge in [-0.05, 0) is 37.8 Å². The average molecular weight is 360 g/mol. The van der Waals surface area contributed by atoms with Gasteiger partial charge in [-0.2, -0.15) is 0 Å². The molecule has 0 aromatic carbocycles. The molecule has 136 valence electrons. The van der Waals surface area contributed by atoms with Gasteiger partial charge in [-0.1, -0.05) is 0 Å². The largest absolute Gasteiger partial charge is 0.350 e. The summed E-state index contributed by atoms with van der Waals surface area (Å²) in [6.07, 6.45) is 13.1. The lowest BCUT2D eigenvalue weighted by atomic mass is 9.92. The van der Waals surface area contributed by atoms with E-state index in [1.807, 2.05) is 35.2 Å². The molecule has 3 N–H and O–H groups in total. The number of pyridine rings is 1. The number of rotatable bonds is 3. The van der Waals surface area contributed by atoms with Crippen LogP contribution >= 0.6 is 0 Å². The molecule has 8 heteroatoms. The van der Waals surface area contributed by atoms with E-state index in [0.717, 1.165) is 47.8 Å². The summed E-state index contributed by atoms with van der Waals surface area (Å²) in [6.45, 7) is 0. The van der Waals surface area contributed by atoms with E-state index in [1.165, 1.54) is 0 Å². The van der Waals surface area contributed by atoms with Crippen molar-refractivity contribution in [1.29, 1.82) is 0 Å². The minimum atomic E-state index is 0.332. The lowest BCUT2D eigenvalue weighted by molar-refractivity contribution is 0.409. The number of aromatic nitrogens is 6. The highest BCUT2D eigenvalue weighted by Gasteiger charge is 2.19. The predicted molar refractivity (Wildman–Crippen MR) is 103 cm³/mol. The fraction of sp³-hybridized carbons (Fsp3) is 0.316. The number of nitrogens with two attached hydrogens (primary N) is 1. The van der Waals surface area contributed by atoms with Gasteiger partial charge in [-0.3, -0.25) is 4.98 Å². The highest BCUT2D eigenvalue weighted by Crippen LogP contribution is 2.26. The molecule has 1 saturated carbocycles. The highest BCUT2D eigenvalue weighted by atomic mass is 15.3. The van der Waals surface area contributed by atoms with Crippen molar-refractivity contribution in [3.63, 3.8) is 0 Å². The molecule has 8 nitrogen and oxygen atoms in total. The quantitative estimate of drug-likeness (QED) is 0.578. The lowest BCUT2D eigenvalue weighted by Gasteiger charge is -2.26. The first kappa shape index (κ1) is 16.1. The molecule has 1 fully saturated rings. The van der Waals surface area contributed by atoms with Gasteiger partial charge in [0, 0.05) is 48.0 Å². The Balaban J connectivity index is 1.44. The van der Waals surface area contributed by atoms with Gasteiger partial charge in [0.15, 0.2) is 5.65 Å². The van der Waals surface area contributed by atoms with E-state index in [-0.39, 0.29) is 0 Å². The molecule has 0 bridgehead atoms. The fourth-order valence-corrected chi connectivity index (χ4v) is 3.66. The Morgan fingerprint density at radius 3 is 2.74 bits per heavy atom. The first-order valence-corrected chi connectivity index (χ1v) is 9.20. The van der Waals surface area contributed by atoms with Gasteiger partial charge < -0.3 is 11.1 Å². The minimum Gasteiger partial charge on any atom is -0.350 e. The molecule has 1 aliphatic carbocycles. The van der Waals surface area contributed by atoms with Gasteiger partial charge >= 0.3 is 0 Å². The molecular weight excluding hydrogens is 340 g/mol. The first-order valence-electron chi connectivity index (χ1n) is 9.20. The predicted octanol–water partition coefficient (Wildman–Crippen LogP) is 2.42. The molecule has 0 amide bonds. The van der Waals surface area contributed by atoms with Crippen molar-refractivity contribution in [3.8, 4) is 11.1 Å². The van der Waals surface area contributed by atoms with Crippen LogP contribution < -0.4 is 11.1 Å². The summed E-state index contributed by atoms with van der Waals surface area (Å²) in [5.74, 6) is 0.646. The Kier molecular flexibility index (Phi) is 3.90. The lowest BCUT2D eigenvalue weighted by Crippen LogP contribution is -2.33. The van der Waals surface area contributed by atoms with Crippen LogP contribution in [0, 0.1) is 0 Å². The zero-order chi connectivity index (χ0) is 18.2. The minimum absolute atomic E-state index is 0.332. The number of fused-ring (bicyclic) bond motifs is 2. The summed E-state index contributed by atoms with van der Waals surface area (Å²) in [6, 6.07) is 4.73. The van der Waals surface area contributed by atoms with Crippen LogP contribution in [0.2, 0.25) is 0 Å². The Bertz CT molecular complexity index is 1100. The SMILES string of the molecule is N[C@H]1CC[C@H](Nc2ncc3c(-c4cnc5nccnc5c4)ccn3n2)CC1. The standard InChI is InChI=1S/C19H20N8/c20-13-1-3-14(4-2-13)25-19-24-11-17-15(5-8-27(17)26-19)12-9-16-18(23-10-12)22-7-6-21-16/h5-11,13-14H,1-4,20H2,(H,25,26)/t13-,14-. The van der Waals surface area contributed by atoms with Crippen LogP contribution in [-0.2, 0) is 0 Å². The van der Waals surface area contributed by atoms with Crippen LogP contribution in [-0.4, -0.2) is 41.6 Å². The van der Waals surface area contributed by atoms with Gasteiger partial charge in [0.05, 0.1) is 11.7 Å². The molecule has 0 spiro atoms. The molecule has 0 unspecified atom stereocenters. The zero-order valence-corrected chi connectivity index (χ0v) is 14.8. The van der Waals surface area contributed by atoms with Crippen LogP contribution in [0.3, 0.4) is 0 Å². The summed E-state index contributed by atoms with van der Waals surface area (Å²) in [5.41, 5.74) is 10.3. The van der Waals surface area contributed by atoms with Gasteiger partial charge in [-0.15, -0.1) is 5.10 Å². The molecular formula is C19H20N8. The van der Waals surface area contributed by atoms with Crippen LogP contribution in [0.25, 0.3) is 27.8 Å². The molecule has 4 aromatic heterocycles. The molecule has 1 aliphatic rings. The van der Waals surface area contributed by atoms with E-state index in [2.05, 4.69) is 30.4 Å². The van der Waals surface area contributed by atoms with Gasteiger partial charge in [0.25, 0.3) is 0 Å². The van der Waals surface area contributed by atoms with Crippen LogP contribution in [0.1, 0.15) is 25.7 Å². The summed E-state index contributed by atoms with van der Waals surface area (Å²) in [4.78, 5) is 17.5. The van der Waals surface area contributed by atoms with E-state index in [4.69, 9.17) is 5.73 Å². The summed E-state index contributed by atoms with van der Waals surface area (Å²) >= 11 is 0. The van der Waals surface area contributed by atoms with E-state index in [0.29, 0.717) is 23.7 Å². The first-order chi connectivity index (χ1) is 13.3. The molecule has 5 rings (SSSR count). The van der Waals surface area contributed by atoms with Crippen molar-refractivity contribution < 1.29 is 0 Å². The second-order valence-electron chi connectivity index (χ2n) is 7.02. The van der Waals surface area contributed by atoms with E-state index in [1.54, 1.807) is 12.4 Å². The molecule has 4 heterocycles. The molecule has 27 heavy (non-hydrogen) atoms. The molecule has 0 aliphatic heterocycles. The Labute approximate surface area is 155 Å². The third-order valence-electron chi connectivity index (χ3n) is 5.16. The maximum absolute atomic E-state index is 5.98. The van der Waals surface area contributed by atoms with Gasteiger partial charge in [0.2, 0.25) is 5.95 Å². The van der Waals surface area contributed by atoms with E-state index < -0.39 is 0 Å². The summed E-state index contributed by atoms with van der Waals surface area (Å²) in [7, 11) is 0. The summed E-state index contributed by atoms with van der Waals surface area (Å²) in [5, 5.41) is 8.05. The Hall–Kier alpha value is -3.13. The number of nitrogens with one attached hydrogen (secondary N) is 1. The van der Waals surface area contributed by atoms with Crippen molar-refractivity contribution in [2.45, 2.75) is 37.8 Å². The molecule has 4 aromatic rings.